The Kier molecular flexibility index (Phi) is 8.43. The maximum Gasteiger partial charge on any atom is 0.245 e. The fourth-order valence-corrected chi connectivity index (χ4v) is 7.09. The number of rotatable bonds is 8. The molecular formula is C24H31N3O4S2. The van der Waals surface area contributed by atoms with Gasteiger partial charge in [0.1, 0.15) is 0 Å². The normalized spacial score (nSPS) is 23.1. The number of ether oxygens (including phenoxy) is 1. The van der Waals surface area contributed by atoms with E-state index in [2.05, 4.69) is 22.9 Å². The van der Waals surface area contributed by atoms with Gasteiger partial charge in [-0.25, -0.2) is 10.3 Å². The summed E-state index contributed by atoms with van der Waals surface area (Å²) in [5, 5.41) is 2.81. The van der Waals surface area contributed by atoms with E-state index >= 15 is 0 Å². The molecule has 0 saturated carbocycles. The number of nitrogens with one attached hydrogen (secondary N) is 2. The van der Waals surface area contributed by atoms with E-state index in [1.807, 2.05) is 36.0 Å². The molecule has 2 amide bonds. The van der Waals surface area contributed by atoms with Crippen molar-refractivity contribution in [3.05, 3.63) is 41.3 Å². The van der Waals surface area contributed by atoms with Gasteiger partial charge in [0.15, 0.2) is 6.29 Å². The van der Waals surface area contributed by atoms with Crippen LogP contribution in [0.3, 0.4) is 0 Å². The number of hydrogen-bond acceptors (Lipinski definition) is 7. The second-order valence-corrected chi connectivity index (χ2v) is 11.0. The predicted octanol–water partition coefficient (Wildman–Crippen LogP) is 4.39. The summed E-state index contributed by atoms with van der Waals surface area (Å²) < 4.78 is 5.29. The minimum atomic E-state index is -0.349. The van der Waals surface area contributed by atoms with Crippen LogP contribution in [0.4, 0.5) is 5.69 Å². The highest BCUT2D eigenvalue weighted by Gasteiger charge is 2.38. The molecule has 7 nitrogen and oxygen atoms in total. The molecule has 2 saturated heterocycles. The van der Waals surface area contributed by atoms with Gasteiger partial charge in [-0.1, -0.05) is 18.6 Å². The van der Waals surface area contributed by atoms with Crippen LogP contribution < -0.4 is 16.5 Å². The summed E-state index contributed by atoms with van der Waals surface area (Å²) in [6, 6.07) is 12.0. The summed E-state index contributed by atoms with van der Waals surface area (Å²) in [7, 11) is 0. The average molecular weight is 490 g/mol. The minimum absolute atomic E-state index is 0.0498. The Balaban J connectivity index is 1.47. The first-order valence-corrected chi connectivity index (χ1v) is 13.3. The molecule has 9 heteroatoms. The molecule has 1 aromatic heterocycles. The maximum absolute atomic E-state index is 12.8. The number of amides is 2. The molecule has 2 aromatic rings. The van der Waals surface area contributed by atoms with Crippen molar-refractivity contribution in [3.8, 4) is 10.4 Å². The molecular weight excluding hydrogens is 458 g/mol. The van der Waals surface area contributed by atoms with Crippen LogP contribution in [-0.4, -0.2) is 37.0 Å². The summed E-state index contributed by atoms with van der Waals surface area (Å²) in [5.41, 5.74) is 9.80. The molecule has 2 atom stereocenters. The Morgan fingerprint density at radius 1 is 1.15 bits per heavy atom. The van der Waals surface area contributed by atoms with E-state index < -0.39 is 0 Å². The van der Waals surface area contributed by atoms with E-state index in [1.54, 1.807) is 11.3 Å². The van der Waals surface area contributed by atoms with Gasteiger partial charge in [0, 0.05) is 34.9 Å². The molecule has 1 unspecified atom stereocenters. The number of carbonyl (C=O) groups excluding carboxylic acids is 2. The summed E-state index contributed by atoms with van der Waals surface area (Å²) >= 11 is 3.58. The molecule has 0 bridgehead atoms. The highest BCUT2D eigenvalue weighted by atomic mass is 32.2. The van der Waals surface area contributed by atoms with Crippen molar-refractivity contribution < 1.29 is 19.2 Å². The van der Waals surface area contributed by atoms with Crippen molar-refractivity contribution in [2.24, 2.45) is 5.73 Å². The Morgan fingerprint density at radius 3 is 2.82 bits per heavy atom. The number of benzene rings is 1. The van der Waals surface area contributed by atoms with E-state index in [0.717, 1.165) is 54.0 Å². The van der Waals surface area contributed by atoms with Crippen LogP contribution in [0, 0.1) is 0 Å². The van der Waals surface area contributed by atoms with Gasteiger partial charge in [-0.2, -0.15) is 0 Å². The zero-order chi connectivity index (χ0) is 23.1. The van der Waals surface area contributed by atoms with E-state index in [9.17, 15) is 9.59 Å². The maximum atomic E-state index is 12.8. The second-order valence-electron chi connectivity index (χ2n) is 8.41. The Hall–Kier alpha value is -1.91. The van der Waals surface area contributed by atoms with Gasteiger partial charge >= 0.3 is 0 Å². The summed E-state index contributed by atoms with van der Waals surface area (Å²) in [5.74, 6) is 0.705. The minimum Gasteiger partial charge on any atom is -0.350 e. The number of anilines is 1. The Morgan fingerprint density at radius 2 is 2.06 bits per heavy atom. The van der Waals surface area contributed by atoms with Crippen molar-refractivity contribution in [1.29, 1.82) is 0 Å². The van der Waals surface area contributed by atoms with Gasteiger partial charge in [0.25, 0.3) is 0 Å². The zero-order valence-corrected chi connectivity index (χ0v) is 20.3. The van der Waals surface area contributed by atoms with Gasteiger partial charge < -0.3 is 15.8 Å². The van der Waals surface area contributed by atoms with Crippen molar-refractivity contribution in [1.82, 2.24) is 5.48 Å². The lowest BCUT2D eigenvalue weighted by atomic mass is 9.94. The standard InChI is InChI=1S/C24H31N3O4S2/c25-16-22(29)26-18-7-5-6-17(14-18)19-9-10-20(33-19)24(11-2-4-13-32-24)15-21(28)27-31-23-8-1-3-12-30-23/h5-7,9-10,14,23H,1-4,8,11-13,15-16,25H2,(H,26,29)(H,27,28)/t23?,24-/m0/s1. The molecule has 4 N–H and O–H groups in total. The predicted molar refractivity (Wildman–Crippen MR) is 133 cm³/mol. The highest BCUT2D eigenvalue weighted by Crippen LogP contribution is 2.51. The zero-order valence-electron chi connectivity index (χ0n) is 18.6. The van der Waals surface area contributed by atoms with Crippen molar-refractivity contribution in [2.75, 3.05) is 24.2 Å². The van der Waals surface area contributed by atoms with Crippen LogP contribution in [0.15, 0.2) is 36.4 Å². The van der Waals surface area contributed by atoms with E-state index in [1.165, 1.54) is 11.3 Å². The Labute approximate surface area is 202 Å². The first-order valence-electron chi connectivity index (χ1n) is 11.5. The molecule has 1 aromatic carbocycles. The van der Waals surface area contributed by atoms with Crippen molar-refractivity contribution in [3.63, 3.8) is 0 Å². The Bertz CT molecular complexity index is 953. The first kappa shape index (κ1) is 24.2. The van der Waals surface area contributed by atoms with Crippen LogP contribution in [0.25, 0.3) is 10.4 Å². The second kappa shape index (κ2) is 11.5. The SMILES string of the molecule is NCC(=O)Nc1cccc(-c2ccc([C@@]3(CC(=O)NOC4CCCCO4)CCCCS3)s2)c1. The van der Waals surface area contributed by atoms with Gasteiger partial charge in [-0.3, -0.25) is 9.59 Å². The average Bonchev–Trinajstić information content (AvgIpc) is 3.35. The van der Waals surface area contributed by atoms with Gasteiger partial charge in [-0.05, 0) is 61.3 Å². The monoisotopic (exact) mass is 489 g/mol. The fraction of sp³-hybridized carbons (Fsp3) is 0.500. The molecule has 2 aliphatic rings. The molecule has 2 aliphatic heterocycles. The molecule has 4 rings (SSSR count). The molecule has 33 heavy (non-hydrogen) atoms. The lowest BCUT2D eigenvalue weighted by Crippen LogP contribution is -2.37. The third kappa shape index (κ3) is 6.36. The molecule has 3 heterocycles. The van der Waals surface area contributed by atoms with Crippen molar-refractivity contribution >= 4 is 40.6 Å². The third-order valence-corrected chi connectivity index (χ3v) is 8.99. The molecule has 0 radical (unpaired) electrons. The van der Waals surface area contributed by atoms with Gasteiger partial charge in [0.2, 0.25) is 11.8 Å². The molecule has 178 valence electrons. The van der Waals surface area contributed by atoms with Crippen LogP contribution in [0.5, 0.6) is 0 Å². The smallest absolute Gasteiger partial charge is 0.245 e. The van der Waals surface area contributed by atoms with Crippen LogP contribution in [0.2, 0.25) is 0 Å². The molecule has 2 fully saturated rings. The lowest BCUT2D eigenvalue weighted by Gasteiger charge is -2.35. The number of hydrogen-bond donors (Lipinski definition) is 3. The number of carbonyl (C=O) groups is 2. The topological polar surface area (TPSA) is 103 Å². The number of thiophene rings is 1. The van der Waals surface area contributed by atoms with Crippen LogP contribution in [-0.2, 0) is 23.9 Å². The van der Waals surface area contributed by atoms with E-state index in [-0.39, 0.29) is 29.4 Å². The summed E-state index contributed by atoms with van der Waals surface area (Å²) in [6.07, 6.45) is 6.14. The third-order valence-electron chi connectivity index (χ3n) is 5.91. The largest absolute Gasteiger partial charge is 0.350 e. The number of thioether (sulfide) groups is 1. The van der Waals surface area contributed by atoms with Gasteiger partial charge in [-0.15, -0.1) is 23.1 Å². The fourth-order valence-electron chi connectivity index (χ4n) is 4.20. The quantitative estimate of drug-likeness (QED) is 0.475. The lowest BCUT2D eigenvalue weighted by molar-refractivity contribution is -0.200. The van der Waals surface area contributed by atoms with Crippen LogP contribution >= 0.6 is 23.1 Å². The van der Waals surface area contributed by atoms with E-state index in [4.69, 9.17) is 15.3 Å². The number of nitrogens with two attached hydrogens (primary N) is 1. The molecule has 0 spiro atoms. The molecule has 0 aliphatic carbocycles. The highest BCUT2D eigenvalue weighted by molar-refractivity contribution is 8.00. The first-order chi connectivity index (χ1) is 16.1. The summed E-state index contributed by atoms with van der Waals surface area (Å²) in [6.45, 7) is 0.626. The van der Waals surface area contributed by atoms with E-state index in [0.29, 0.717) is 13.0 Å². The van der Waals surface area contributed by atoms with Gasteiger partial charge in [0.05, 0.1) is 11.3 Å². The summed E-state index contributed by atoms with van der Waals surface area (Å²) in [4.78, 5) is 32.3. The van der Waals surface area contributed by atoms with Crippen LogP contribution in [0.1, 0.15) is 49.8 Å². The number of hydroxylamine groups is 1. The van der Waals surface area contributed by atoms with Crippen molar-refractivity contribution in [2.45, 2.75) is 56.0 Å².